The first kappa shape index (κ1) is 12.9. The van der Waals surface area contributed by atoms with Crippen molar-refractivity contribution in [3.63, 3.8) is 0 Å². The molecule has 0 saturated carbocycles. The Balaban J connectivity index is 2.12. The maximum atomic E-state index is 12.6. The van der Waals surface area contributed by atoms with Crippen LogP contribution in [0, 0.1) is 0 Å². The maximum absolute atomic E-state index is 12.6. The number of fused-ring (bicyclic) bond motifs is 2. The molecular formula is C16H18N2O2. The van der Waals surface area contributed by atoms with E-state index in [-0.39, 0.29) is 5.56 Å². The third-order valence-corrected chi connectivity index (χ3v) is 3.65. The monoisotopic (exact) mass is 270 g/mol. The topological polar surface area (TPSA) is 44.1 Å². The molecule has 0 spiro atoms. The van der Waals surface area contributed by atoms with Gasteiger partial charge in [0.15, 0.2) is 0 Å². The van der Waals surface area contributed by atoms with Gasteiger partial charge in [-0.3, -0.25) is 9.36 Å². The first-order valence-corrected chi connectivity index (χ1v) is 7.07. The molecule has 3 rings (SSSR count). The van der Waals surface area contributed by atoms with Gasteiger partial charge in [0.1, 0.15) is 18.2 Å². The number of hydrogen-bond acceptors (Lipinski definition) is 3. The van der Waals surface area contributed by atoms with E-state index in [0.29, 0.717) is 17.7 Å². The van der Waals surface area contributed by atoms with E-state index in [1.54, 1.807) is 12.1 Å². The van der Waals surface area contributed by atoms with Crippen molar-refractivity contribution >= 4 is 10.9 Å². The molecular weight excluding hydrogens is 252 g/mol. The molecule has 104 valence electrons. The number of nitrogens with zero attached hydrogens (tertiary/aromatic N) is 2. The number of aryl methyl sites for hydroxylation is 1. The van der Waals surface area contributed by atoms with Crippen LogP contribution in [0.5, 0.6) is 5.75 Å². The van der Waals surface area contributed by atoms with Crippen LogP contribution < -0.4 is 10.3 Å². The first-order chi connectivity index (χ1) is 9.79. The minimum atomic E-state index is 0.0518. The van der Waals surface area contributed by atoms with Gasteiger partial charge >= 0.3 is 0 Å². The molecule has 4 heteroatoms. The maximum Gasteiger partial charge on any atom is 0.261 e. The van der Waals surface area contributed by atoms with Crippen LogP contribution in [-0.4, -0.2) is 16.2 Å². The molecule has 1 aliphatic rings. The van der Waals surface area contributed by atoms with Crippen LogP contribution in [0.3, 0.4) is 0 Å². The van der Waals surface area contributed by atoms with Crippen LogP contribution in [0.25, 0.3) is 10.9 Å². The van der Waals surface area contributed by atoms with Gasteiger partial charge < -0.3 is 4.74 Å². The summed E-state index contributed by atoms with van der Waals surface area (Å²) in [5.74, 6) is 1.60. The Labute approximate surface area is 117 Å². The highest BCUT2D eigenvalue weighted by Gasteiger charge is 2.13. The zero-order valence-electron chi connectivity index (χ0n) is 11.5. The number of ether oxygens (including phenoxy) is 1. The quantitative estimate of drug-likeness (QED) is 0.805. The first-order valence-electron chi connectivity index (χ1n) is 7.07. The summed E-state index contributed by atoms with van der Waals surface area (Å²) < 4.78 is 7.32. The van der Waals surface area contributed by atoms with Crippen molar-refractivity contribution in [1.82, 2.24) is 9.55 Å². The van der Waals surface area contributed by atoms with Crippen LogP contribution in [0.1, 0.15) is 25.1 Å². The molecule has 2 aromatic rings. The van der Waals surface area contributed by atoms with Crippen LogP contribution >= 0.6 is 0 Å². The van der Waals surface area contributed by atoms with Crippen molar-refractivity contribution in [3.05, 3.63) is 47.0 Å². The summed E-state index contributed by atoms with van der Waals surface area (Å²) in [4.78, 5) is 17.2. The van der Waals surface area contributed by atoms with Crippen LogP contribution in [0.15, 0.2) is 35.6 Å². The van der Waals surface area contributed by atoms with Gasteiger partial charge in [-0.05, 0) is 31.0 Å². The number of benzene rings is 1. The second-order valence-electron chi connectivity index (χ2n) is 5.07. The lowest BCUT2D eigenvalue weighted by Gasteiger charge is -2.11. The smallest absolute Gasteiger partial charge is 0.261 e. The summed E-state index contributed by atoms with van der Waals surface area (Å²) in [6.45, 7) is 4.83. The van der Waals surface area contributed by atoms with Gasteiger partial charge in [-0.2, -0.15) is 0 Å². The SMILES string of the molecule is C=CCOc1ccc2nc3n(c(=O)c2c1)CCCCC3. The van der Waals surface area contributed by atoms with Gasteiger partial charge in [-0.15, -0.1) is 0 Å². The normalized spacial score (nSPS) is 14.6. The molecule has 0 radical (unpaired) electrons. The standard InChI is InChI=1S/C16H18N2O2/c1-2-10-20-12-7-8-14-13(11-12)16(19)18-9-5-3-4-6-15(18)17-14/h2,7-8,11H,1,3-6,9-10H2. The predicted molar refractivity (Wildman–Crippen MR) is 79.3 cm³/mol. The summed E-state index contributed by atoms with van der Waals surface area (Å²) in [6, 6.07) is 5.50. The summed E-state index contributed by atoms with van der Waals surface area (Å²) in [7, 11) is 0. The Morgan fingerprint density at radius 3 is 3.10 bits per heavy atom. The van der Waals surface area contributed by atoms with Crippen molar-refractivity contribution in [2.45, 2.75) is 32.2 Å². The van der Waals surface area contributed by atoms with Gasteiger partial charge in [0, 0.05) is 13.0 Å². The highest BCUT2D eigenvalue weighted by Crippen LogP contribution is 2.19. The van der Waals surface area contributed by atoms with Crippen molar-refractivity contribution in [1.29, 1.82) is 0 Å². The zero-order chi connectivity index (χ0) is 13.9. The molecule has 4 nitrogen and oxygen atoms in total. The Hall–Kier alpha value is -2.10. The van der Waals surface area contributed by atoms with Crippen LogP contribution in [-0.2, 0) is 13.0 Å². The average molecular weight is 270 g/mol. The van der Waals surface area contributed by atoms with Crippen molar-refractivity contribution in [3.8, 4) is 5.75 Å². The molecule has 1 aromatic heterocycles. The Kier molecular flexibility index (Phi) is 3.54. The van der Waals surface area contributed by atoms with E-state index in [0.717, 1.165) is 43.6 Å². The van der Waals surface area contributed by atoms with Gasteiger partial charge in [0.25, 0.3) is 5.56 Å². The fourth-order valence-electron chi connectivity index (χ4n) is 2.64. The van der Waals surface area contributed by atoms with Crippen LogP contribution in [0.4, 0.5) is 0 Å². The molecule has 0 N–H and O–H groups in total. The molecule has 0 bridgehead atoms. The summed E-state index contributed by atoms with van der Waals surface area (Å²) in [5, 5.41) is 0.636. The van der Waals surface area contributed by atoms with Crippen molar-refractivity contribution in [2.75, 3.05) is 6.61 Å². The van der Waals surface area contributed by atoms with E-state index in [4.69, 9.17) is 4.74 Å². The Bertz CT molecular complexity index is 703. The average Bonchev–Trinajstić information content (AvgIpc) is 2.71. The molecule has 0 atom stereocenters. The molecule has 20 heavy (non-hydrogen) atoms. The van der Waals surface area contributed by atoms with E-state index < -0.39 is 0 Å². The van der Waals surface area contributed by atoms with E-state index >= 15 is 0 Å². The third kappa shape index (κ3) is 2.33. The highest BCUT2D eigenvalue weighted by molar-refractivity contribution is 5.79. The fraction of sp³-hybridized carbons (Fsp3) is 0.375. The minimum absolute atomic E-state index is 0.0518. The van der Waals surface area contributed by atoms with Gasteiger partial charge in [-0.25, -0.2) is 4.98 Å². The van der Waals surface area contributed by atoms with E-state index in [9.17, 15) is 4.79 Å². The largest absolute Gasteiger partial charge is 0.490 e. The zero-order valence-corrected chi connectivity index (χ0v) is 11.5. The number of rotatable bonds is 3. The lowest BCUT2D eigenvalue weighted by Crippen LogP contribution is -2.24. The van der Waals surface area contributed by atoms with Gasteiger partial charge in [0.2, 0.25) is 0 Å². The fourth-order valence-corrected chi connectivity index (χ4v) is 2.64. The molecule has 1 aliphatic heterocycles. The van der Waals surface area contributed by atoms with Crippen LogP contribution in [0.2, 0.25) is 0 Å². The van der Waals surface area contributed by atoms with E-state index in [1.165, 1.54) is 0 Å². The number of aromatic nitrogens is 2. The molecule has 1 aromatic carbocycles. The van der Waals surface area contributed by atoms with Gasteiger partial charge in [-0.1, -0.05) is 19.1 Å². The van der Waals surface area contributed by atoms with Crippen molar-refractivity contribution in [2.24, 2.45) is 0 Å². The Morgan fingerprint density at radius 2 is 2.25 bits per heavy atom. The second-order valence-corrected chi connectivity index (χ2v) is 5.07. The van der Waals surface area contributed by atoms with E-state index in [2.05, 4.69) is 11.6 Å². The third-order valence-electron chi connectivity index (χ3n) is 3.65. The molecule has 2 heterocycles. The molecule has 0 amide bonds. The second kappa shape index (κ2) is 5.49. The Morgan fingerprint density at radius 1 is 1.35 bits per heavy atom. The molecule has 0 aliphatic carbocycles. The highest BCUT2D eigenvalue weighted by atomic mass is 16.5. The van der Waals surface area contributed by atoms with Gasteiger partial charge in [0.05, 0.1) is 10.9 Å². The van der Waals surface area contributed by atoms with E-state index in [1.807, 2.05) is 16.7 Å². The molecule has 0 unspecified atom stereocenters. The summed E-state index contributed by atoms with van der Waals surface area (Å²) >= 11 is 0. The number of hydrogen-bond donors (Lipinski definition) is 0. The minimum Gasteiger partial charge on any atom is -0.490 e. The molecule has 0 saturated heterocycles. The summed E-state index contributed by atoms with van der Waals surface area (Å²) in [6.07, 6.45) is 5.89. The molecule has 0 fully saturated rings. The lowest BCUT2D eigenvalue weighted by atomic mass is 10.2. The summed E-state index contributed by atoms with van der Waals surface area (Å²) in [5.41, 5.74) is 0.810. The lowest BCUT2D eigenvalue weighted by molar-refractivity contribution is 0.363. The predicted octanol–water partition coefficient (Wildman–Crippen LogP) is 2.69. The van der Waals surface area contributed by atoms with Crippen molar-refractivity contribution < 1.29 is 4.74 Å².